The number of likely N-dealkylation sites (tertiary alicyclic amines) is 1. The lowest BCUT2D eigenvalue weighted by atomic mass is 9.99. The average Bonchev–Trinajstić information content (AvgIpc) is 3.01. The van der Waals surface area contributed by atoms with Crippen LogP contribution < -0.4 is 0 Å². The van der Waals surface area contributed by atoms with E-state index in [1.807, 2.05) is 18.7 Å². The fraction of sp³-hybridized carbons (Fsp3) is 0.833. The maximum atomic E-state index is 12.2. The van der Waals surface area contributed by atoms with Crippen molar-refractivity contribution in [3.63, 3.8) is 0 Å². The van der Waals surface area contributed by atoms with E-state index in [1.54, 1.807) is 4.90 Å². The van der Waals surface area contributed by atoms with E-state index in [1.165, 1.54) is 0 Å². The Morgan fingerprint density at radius 2 is 2.00 bits per heavy atom. The standard InChI is InChI=1S/C12H20N2O3/c1-3-14(9-4-5-9)12(17)13-6-8(2)10(7-13)11(15)16/h8-10H,3-7H2,1-2H3,(H,15,16)/t8-,10-/m1/s1. The summed E-state index contributed by atoms with van der Waals surface area (Å²) >= 11 is 0. The molecule has 1 aliphatic carbocycles. The summed E-state index contributed by atoms with van der Waals surface area (Å²) in [4.78, 5) is 26.8. The second kappa shape index (κ2) is 4.55. The summed E-state index contributed by atoms with van der Waals surface area (Å²) in [5, 5.41) is 9.05. The minimum absolute atomic E-state index is 0.0191. The Bertz CT molecular complexity index is 328. The van der Waals surface area contributed by atoms with E-state index in [-0.39, 0.29) is 11.9 Å². The molecule has 1 N–H and O–H groups in total. The molecule has 2 atom stereocenters. The summed E-state index contributed by atoms with van der Waals surface area (Å²) in [6.45, 7) is 5.52. The van der Waals surface area contributed by atoms with Crippen molar-refractivity contribution in [2.75, 3.05) is 19.6 Å². The highest BCUT2D eigenvalue weighted by Crippen LogP contribution is 2.30. The van der Waals surface area contributed by atoms with Crippen LogP contribution in [0.3, 0.4) is 0 Å². The molecule has 1 aliphatic heterocycles. The third-order valence-electron chi connectivity index (χ3n) is 3.77. The molecule has 0 aromatic carbocycles. The number of rotatable bonds is 3. The summed E-state index contributed by atoms with van der Waals surface area (Å²) in [5.74, 6) is -1.14. The van der Waals surface area contributed by atoms with Gasteiger partial charge < -0.3 is 14.9 Å². The average molecular weight is 240 g/mol. The van der Waals surface area contributed by atoms with E-state index in [4.69, 9.17) is 5.11 Å². The number of carbonyl (C=O) groups excluding carboxylic acids is 1. The molecule has 2 fully saturated rings. The number of amides is 2. The van der Waals surface area contributed by atoms with Crippen molar-refractivity contribution in [3.8, 4) is 0 Å². The third kappa shape index (κ3) is 2.37. The Labute approximate surface area is 101 Å². The van der Waals surface area contributed by atoms with Gasteiger partial charge in [-0.05, 0) is 25.7 Å². The molecule has 0 spiro atoms. The van der Waals surface area contributed by atoms with Crippen molar-refractivity contribution < 1.29 is 14.7 Å². The van der Waals surface area contributed by atoms with Crippen molar-refractivity contribution in [2.24, 2.45) is 11.8 Å². The lowest BCUT2D eigenvalue weighted by Crippen LogP contribution is -2.43. The van der Waals surface area contributed by atoms with E-state index in [9.17, 15) is 9.59 Å². The zero-order chi connectivity index (χ0) is 12.6. The van der Waals surface area contributed by atoms with Crippen LogP contribution in [0.2, 0.25) is 0 Å². The molecule has 1 saturated heterocycles. The Balaban J connectivity index is 1.99. The highest BCUT2D eigenvalue weighted by molar-refractivity contribution is 5.78. The van der Waals surface area contributed by atoms with Gasteiger partial charge in [-0.3, -0.25) is 4.79 Å². The maximum Gasteiger partial charge on any atom is 0.320 e. The smallest absolute Gasteiger partial charge is 0.320 e. The van der Waals surface area contributed by atoms with Crippen molar-refractivity contribution in [1.29, 1.82) is 0 Å². The van der Waals surface area contributed by atoms with Crippen LogP contribution in [-0.2, 0) is 4.79 Å². The van der Waals surface area contributed by atoms with Crippen molar-refractivity contribution in [1.82, 2.24) is 9.80 Å². The zero-order valence-electron chi connectivity index (χ0n) is 10.4. The van der Waals surface area contributed by atoms with Gasteiger partial charge in [-0.2, -0.15) is 0 Å². The second-order valence-corrected chi connectivity index (χ2v) is 5.13. The van der Waals surface area contributed by atoms with Crippen LogP contribution >= 0.6 is 0 Å². The first kappa shape index (κ1) is 12.2. The second-order valence-electron chi connectivity index (χ2n) is 5.13. The van der Waals surface area contributed by atoms with E-state index in [2.05, 4.69) is 0 Å². The Morgan fingerprint density at radius 1 is 1.35 bits per heavy atom. The summed E-state index contributed by atoms with van der Waals surface area (Å²) < 4.78 is 0. The quantitative estimate of drug-likeness (QED) is 0.807. The van der Waals surface area contributed by atoms with Gasteiger partial charge in [0.15, 0.2) is 0 Å². The Morgan fingerprint density at radius 3 is 2.41 bits per heavy atom. The van der Waals surface area contributed by atoms with Gasteiger partial charge in [0.25, 0.3) is 0 Å². The topological polar surface area (TPSA) is 60.9 Å². The largest absolute Gasteiger partial charge is 0.481 e. The van der Waals surface area contributed by atoms with Crippen LogP contribution in [0.4, 0.5) is 4.79 Å². The van der Waals surface area contributed by atoms with Crippen LogP contribution in [0.1, 0.15) is 26.7 Å². The minimum Gasteiger partial charge on any atom is -0.481 e. The van der Waals surface area contributed by atoms with Crippen LogP contribution in [-0.4, -0.2) is 52.6 Å². The van der Waals surface area contributed by atoms with Crippen molar-refractivity contribution in [2.45, 2.75) is 32.7 Å². The number of aliphatic carboxylic acids is 1. The molecule has 0 aromatic rings. The lowest BCUT2D eigenvalue weighted by Gasteiger charge is -2.27. The van der Waals surface area contributed by atoms with Crippen LogP contribution in [0.25, 0.3) is 0 Å². The third-order valence-corrected chi connectivity index (χ3v) is 3.77. The Hall–Kier alpha value is -1.26. The molecule has 5 heteroatoms. The van der Waals surface area contributed by atoms with Gasteiger partial charge in [-0.15, -0.1) is 0 Å². The molecule has 0 bridgehead atoms. The van der Waals surface area contributed by atoms with Gasteiger partial charge in [-0.1, -0.05) is 6.92 Å². The molecule has 0 radical (unpaired) electrons. The molecule has 1 saturated carbocycles. The molecule has 2 aliphatic rings. The lowest BCUT2D eigenvalue weighted by molar-refractivity contribution is -0.142. The molecule has 96 valence electrons. The fourth-order valence-electron chi connectivity index (χ4n) is 2.56. The number of urea groups is 1. The molecule has 2 amide bonds. The first-order valence-corrected chi connectivity index (χ1v) is 6.33. The van der Waals surface area contributed by atoms with Crippen LogP contribution in [0, 0.1) is 11.8 Å². The van der Waals surface area contributed by atoms with Crippen molar-refractivity contribution in [3.05, 3.63) is 0 Å². The molecule has 0 unspecified atom stereocenters. The number of hydrogen-bond acceptors (Lipinski definition) is 2. The van der Waals surface area contributed by atoms with Crippen molar-refractivity contribution >= 4 is 12.0 Å². The van der Waals surface area contributed by atoms with E-state index < -0.39 is 11.9 Å². The molecule has 2 rings (SSSR count). The van der Waals surface area contributed by atoms with Crippen LogP contribution in [0.5, 0.6) is 0 Å². The number of carboxylic acids is 1. The molecule has 17 heavy (non-hydrogen) atoms. The predicted molar refractivity (Wildman–Crippen MR) is 62.7 cm³/mol. The van der Waals surface area contributed by atoms with Gasteiger partial charge in [0.05, 0.1) is 5.92 Å². The molecular weight excluding hydrogens is 220 g/mol. The van der Waals surface area contributed by atoms with E-state index >= 15 is 0 Å². The highest BCUT2D eigenvalue weighted by Gasteiger charge is 2.40. The summed E-state index contributed by atoms with van der Waals surface area (Å²) in [5.41, 5.74) is 0. The molecular formula is C12H20N2O3. The van der Waals surface area contributed by atoms with Gasteiger partial charge in [0.2, 0.25) is 0 Å². The molecule has 0 aromatic heterocycles. The van der Waals surface area contributed by atoms with Crippen LogP contribution in [0.15, 0.2) is 0 Å². The summed E-state index contributed by atoms with van der Waals surface area (Å²) in [6, 6.07) is 0.414. The van der Waals surface area contributed by atoms with Gasteiger partial charge in [-0.25, -0.2) is 4.79 Å². The minimum atomic E-state index is -0.790. The Kier molecular flexibility index (Phi) is 3.26. The highest BCUT2D eigenvalue weighted by atomic mass is 16.4. The summed E-state index contributed by atoms with van der Waals surface area (Å²) in [7, 11) is 0. The monoisotopic (exact) mass is 240 g/mol. The number of carboxylic acid groups (broad SMARTS) is 1. The molecule has 1 heterocycles. The number of nitrogens with zero attached hydrogens (tertiary/aromatic N) is 2. The van der Waals surface area contributed by atoms with Gasteiger partial charge in [0.1, 0.15) is 0 Å². The van der Waals surface area contributed by atoms with E-state index in [0.717, 1.165) is 12.8 Å². The first-order chi connectivity index (χ1) is 8.04. The van der Waals surface area contributed by atoms with Gasteiger partial charge >= 0.3 is 12.0 Å². The summed E-state index contributed by atoms with van der Waals surface area (Å²) in [6.07, 6.45) is 2.18. The fourth-order valence-corrected chi connectivity index (χ4v) is 2.56. The molecule has 5 nitrogen and oxygen atoms in total. The zero-order valence-corrected chi connectivity index (χ0v) is 10.4. The number of carbonyl (C=O) groups is 2. The normalized spacial score (nSPS) is 28.2. The van der Waals surface area contributed by atoms with E-state index in [0.29, 0.717) is 25.7 Å². The maximum absolute atomic E-state index is 12.2. The first-order valence-electron chi connectivity index (χ1n) is 6.33. The van der Waals surface area contributed by atoms with Gasteiger partial charge in [0, 0.05) is 25.7 Å². The predicted octanol–water partition coefficient (Wildman–Crippen LogP) is 1.24. The SMILES string of the molecule is CCN(C(=O)N1C[C@@H](C)[C@H](C(=O)O)C1)C1CC1. The number of hydrogen-bond donors (Lipinski definition) is 1.